The molecule has 0 unspecified atom stereocenters. The van der Waals surface area contributed by atoms with Gasteiger partial charge in [-0.05, 0) is 24.3 Å². The third-order valence-electron chi connectivity index (χ3n) is 2.94. The zero-order valence-electron chi connectivity index (χ0n) is 12.1. The van der Waals surface area contributed by atoms with Gasteiger partial charge >= 0.3 is 5.97 Å². The van der Waals surface area contributed by atoms with E-state index in [1.165, 1.54) is 18.2 Å². The second-order valence-electron chi connectivity index (χ2n) is 4.65. The zero-order valence-corrected chi connectivity index (χ0v) is 15.2. The van der Waals surface area contributed by atoms with Crippen molar-refractivity contribution in [3.8, 4) is 0 Å². The molecule has 24 heavy (non-hydrogen) atoms. The predicted octanol–water partition coefficient (Wildman–Crippen LogP) is 3.67. The maximum absolute atomic E-state index is 12.2. The average Bonchev–Trinajstić information content (AvgIpc) is 2.54. The van der Waals surface area contributed by atoms with E-state index in [2.05, 4.69) is 4.72 Å². The third-order valence-corrected chi connectivity index (χ3v) is 5.42. The summed E-state index contributed by atoms with van der Waals surface area (Å²) in [6, 6.07) is 10.9. The lowest BCUT2D eigenvalue weighted by molar-refractivity contribution is -0.143. The fourth-order valence-corrected chi connectivity index (χ4v) is 3.66. The Morgan fingerprint density at radius 3 is 2.46 bits per heavy atom. The van der Waals surface area contributed by atoms with Crippen molar-refractivity contribution in [2.75, 3.05) is 6.54 Å². The van der Waals surface area contributed by atoms with Crippen LogP contribution in [-0.2, 0) is 26.2 Å². The number of halogens is 3. The molecule has 128 valence electrons. The molecule has 0 aliphatic rings. The highest BCUT2D eigenvalue weighted by atomic mass is 35.5. The van der Waals surface area contributed by atoms with Crippen LogP contribution in [0.25, 0.3) is 0 Å². The molecule has 2 aromatic rings. The molecule has 2 aromatic carbocycles. The molecule has 5 nitrogen and oxygen atoms in total. The van der Waals surface area contributed by atoms with E-state index in [-0.39, 0.29) is 21.5 Å². The summed E-state index contributed by atoms with van der Waals surface area (Å²) in [4.78, 5) is 11.5. The summed E-state index contributed by atoms with van der Waals surface area (Å²) in [6.07, 6.45) is 0. The minimum Gasteiger partial charge on any atom is -0.460 e. The van der Waals surface area contributed by atoms with Gasteiger partial charge in [0.05, 0.1) is 5.02 Å². The number of carbonyl (C=O) groups excluding carboxylic acids is 1. The van der Waals surface area contributed by atoms with Gasteiger partial charge in [-0.1, -0.05) is 53.0 Å². The first-order chi connectivity index (χ1) is 11.3. The van der Waals surface area contributed by atoms with Gasteiger partial charge in [0.1, 0.15) is 18.0 Å². The number of ether oxygens (including phenoxy) is 1. The van der Waals surface area contributed by atoms with Gasteiger partial charge in [-0.3, -0.25) is 4.79 Å². The lowest BCUT2D eigenvalue weighted by Crippen LogP contribution is -2.30. The Balaban J connectivity index is 1.95. The molecule has 9 heteroatoms. The van der Waals surface area contributed by atoms with Gasteiger partial charge < -0.3 is 4.74 Å². The van der Waals surface area contributed by atoms with Gasteiger partial charge in [-0.25, -0.2) is 8.42 Å². The van der Waals surface area contributed by atoms with Crippen LogP contribution >= 0.6 is 34.8 Å². The second kappa shape index (κ2) is 8.18. The Morgan fingerprint density at radius 2 is 1.75 bits per heavy atom. The number of hydrogen-bond donors (Lipinski definition) is 1. The van der Waals surface area contributed by atoms with E-state index in [4.69, 9.17) is 39.5 Å². The first-order valence-electron chi connectivity index (χ1n) is 6.63. The van der Waals surface area contributed by atoms with Gasteiger partial charge in [0.25, 0.3) is 0 Å². The van der Waals surface area contributed by atoms with E-state index >= 15 is 0 Å². The summed E-state index contributed by atoms with van der Waals surface area (Å²) in [5.74, 6) is -0.753. The Hall–Kier alpha value is -1.31. The van der Waals surface area contributed by atoms with Crippen molar-refractivity contribution in [3.63, 3.8) is 0 Å². The van der Waals surface area contributed by atoms with Crippen LogP contribution < -0.4 is 4.72 Å². The molecule has 0 amide bonds. The Bertz CT molecular complexity index is 856. The fourth-order valence-electron chi connectivity index (χ4n) is 1.74. The van der Waals surface area contributed by atoms with Crippen LogP contribution in [0, 0.1) is 0 Å². The van der Waals surface area contributed by atoms with Crippen molar-refractivity contribution >= 4 is 50.8 Å². The zero-order chi connectivity index (χ0) is 17.7. The molecule has 0 radical (unpaired) electrons. The van der Waals surface area contributed by atoms with Crippen LogP contribution in [0.1, 0.15) is 5.56 Å². The number of nitrogens with one attached hydrogen (secondary N) is 1. The van der Waals surface area contributed by atoms with E-state index in [0.29, 0.717) is 10.6 Å². The minimum absolute atomic E-state index is 0.00339. The van der Waals surface area contributed by atoms with Crippen LogP contribution in [-0.4, -0.2) is 20.9 Å². The molecule has 0 aliphatic carbocycles. The number of carbonyl (C=O) groups is 1. The normalized spacial score (nSPS) is 11.3. The summed E-state index contributed by atoms with van der Waals surface area (Å²) in [5, 5.41) is 0.661. The highest BCUT2D eigenvalue weighted by molar-refractivity contribution is 7.89. The summed E-state index contributed by atoms with van der Waals surface area (Å²) in [7, 11) is -3.99. The van der Waals surface area contributed by atoms with Crippen molar-refractivity contribution < 1.29 is 17.9 Å². The molecule has 0 fully saturated rings. The Labute approximate surface area is 154 Å². The molecule has 0 bridgehead atoms. The number of hydrogen-bond acceptors (Lipinski definition) is 4. The molecule has 0 atom stereocenters. The monoisotopic (exact) mass is 407 g/mol. The average molecular weight is 409 g/mol. The van der Waals surface area contributed by atoms with Gasteiger partial charge in [-0.15, -0.1) is 0 Å². The molecule has 1 N–H and O–H groups in total. The maximum Gasteiger partial charge on any atom is 0.321 e. The predicted molar refractivity (Wildman–Crippen MR) is 92.9 cm³/mol. The molecule has 0 saturated carbocycles. The third kappa shape index (κ3) is 5.09. The number of benzene rings is 2. The lowest BCUT2D eigenvalue weighted by atomic mass is 10.2. The minimum atomic E-state index is -3.99. The lowest BCUT2D eigenvalue weighted by Gasteiger charge is -2.09. The maximum atomic E-state index is 12.2. The van der Waals surface area contributed by atoms with Crippen molar-refractivity contribution in [2.45, 2.75) is 11.5 Å². The molecule has 0 heterocycles. The summed E-state index contributed by atoms with van der Waals surface area (Å²) < 4.78 is 31.4. The molecule has 0 aliphatic heterocycles. The van der Waals surface area contributed by atoms with E-state index < -0.39 is 22.5 Å². The van der Waals surface area contributed by atoms with E-state index in [1.807, 2.05) is 0 Å². The molecular weight excluding hydrogens is 397 g/mol. The van der Waals surface area contributed by atoms with Crippen LogP contribution in [0.4, 0.5) is 0 Å². The van der Waals surface area contributed by atoms with Crippen LogP contribution in [0.5, 0.6) is 0 Å². The smallest absolute Gasteiger partial charge is 0.321 e. The quantitative estimate of drug-likeness (QED) is 0.740. The highest BCUT2D eigenvalue weighted by Crippen LogP contribution is 2.24. The first kappa shape index (κ1) is 19.0. The van der Waals surface area contributed by atoms with Gasteiger partial charge in [0.2, 0.25) is 10.0 Å². The fraction of sp³-hybridized carbons (Fsp3) is 0.133. The van der Waals surface area contributed by atoms with Gasteiger partial charge in [0.15, 0.2) is 0 Å². The van der Waals surface area contributed by atoms with Crippen molar-refractivity contribution in [1.82, 2.24) is 4.72 Å². The standard InChI is InChI=1S/C15H12Cl3NO4S/c16-11-5-6-13(18)14(7-11)24(21,22)19-8-15(20)23-9-10-3-1-2-4-12(10)17/h1-7,19H,8-9H2. The molecule has 2 rings (SSSR count). The number of esters is 1. The number of sulfonamides is 1. The topological polar surface area (TPSA) is 72.5 Å². The molecule has 0 spiro atoms. The molecule has 0 aromatic heterocycles. The Kier molecular flexibility index (Phi) is 6.48. The first-order valence-corrected chi connectivity index (χ1v) is 9.25. The van der Waals surface area contributed by atoms with E-state index in [9.17, 15) is 13.2 Å². The van der Waals surface area contributed by atoms with Gasteiger partial charge in [-0.2, -0.15) is 4.72 Å². The van der Waals surface area contributed by atoms with Crippen LogP contribution in [0.2, 0.25) is 15.1 Å². The Morgan fingerprint density at radius 1 is 1.04 bits per heavy atom. The van der Waals surface area contributed by atoms with Crippen molar-refractivity contribution in [1.29, 1.82) is 0 Å². The molecule has 0 saturated heterocycles. The van der Waals surface area contributed by atoms with Gasteiger partial charge in [0, 0.05) is 15.6 Å². The highest BCUT2D eigenvalue weighted by Gasteiger charge is 2.20. The largest absolute Gasteiger partial charge is 0.460 e. The summed E-state index contributed by atoms with van der Waals surface area (Å²) >= 11 is 17.5. The van der Waals surface area contributed by atoms with E-state index in [0.717, 1.165) is 0 Å². The van der Waals surface area contributed by atoms with Crippen molar-refractivity contribution in [2.24, 2.45) is 0 Å². The van der Waals surface area contributed by atoms with Crippen LogP contribution in [0.15, 0.2) is 47.4 Å². The summed E-state index contributed by atoms with van der Waals surface area (Å²) in [6.45, 7) is -0.603. The SMILES string of the molecule is O=C(CNS(=O)(=O)c1cc(Cl)ccc1Cl)OCc1ccccc1Cl. The number of rotatable bonds is 6. The molecular formula is C15H12Cl3NO4S. The van der Waals surface area contributed by atoms with Crippen LogP contribution in [0.3, 0.4) is 0 Å². The van der Waals surface area contributed by atoms with Crippen molar-refractivity contribution in [3.05, 3.63) is 63.1 Å². The van der Waals surface area contributed by atoms with E-state index in [1.54, 1.807) is 24.3 Å². The second-order valence-corrected chi connectivity index (χ2v) is 7.64. The summed E-state index contributed by atoms with van der Waals surface area (Å²) in [5.41, 5.74) is 0.619.